The Hall–Kier alpha value is -2.33. The molecule has 0 radical (unpaired) electrons. The van der Waals surface area contributed by atoms with Gasteiger partial charge in [-0.25, -0.2) is 5.06 Å². The average molecular weight is 525 g/mol. The highest BCUT2D eigenvalue weighted by atomic mass is 28.4. The molecule has 37 heavy (non-hydrogen) atoms. The van der Waals surface area contributed by atoms with Crippen LogP contribution in [0.2, 0.25) is 18.1 Å². The fourth-order valence-corrected chi connectivity index (χ4v) is 6.59. The van der Waals surface area contributed by atoms with Gasteiger partial charge in [0.1, 0.15) is 12.7 Å². The minimum Gasteiger partial charge on any atom is -0.422 e. The van der Waals surface area contributed by atoms with Crippen molar-refractivity contribution in [2.24, 2.45) is 11.1 Å². The molecule has 2 aromatic rings. The van der Waals surface area contributed by atoms with Crippen LogP contribution in [-0.4, -0.2) is 42.1 Å². The molecule has 2 bridgehead atoms. The third-order valence-corrected chi connectivity index (χ3v) is 13.2. The van der Waals surface area contributed by atoms with Gasteiger partial charge in [-0.1, -0.05) is 56.7 Å². The molecule has 0 saturated heterocycles. The van der Waals surface area contributed by atoms with E-state index >= 15 is 0 Å². The first-order chi connectivity index (χ1) is 17.5. The van der Waals surface area contributed by atoms with Crippen LogP contribution in [0.15, 0.2) is 46.4 Å². The van der Waals surface area contributed by atoms with E-state index in [0.29, 0.717) is 18.4 Å². The lowest BCUT2D eigenvalue weighted by Gasteiger charge is -2.38. The second kappa shape index (κ2) is 9.76. The second-order valence-electron chi connectivity index (χ2n) is 12.5. The van der Waals surface area contributed by atoms with E-state index in [0.717, 1.165) is 43.2 Å². The molecule has 8 nitrogen and oxygen atoms in total. The summed E-state index contributed by atoms with van der Waals surface area (Å²) in [6.07, 6.45) is 6.19. The zero-order valence-electron chi connectivity index (χ0n) is 22.7. The van der Waals surface area contributed by atoms with Crippen LogP contribution in [-0.2, 0) is 20.7 Å². The summed E-state index contributed by atoms with van der Waals surface area (Å²) in [5.74, 6) is 0.825. The van der Waals surface area contributed by atoms with Gasteiger partial charge in [0.25, 0.3) is 5.91 Å². The predicted molar refractivity (Wildman–Crippen MR) is 143 cm³/mol. The van der Waals surface area contributed by atoms with E-state index in [4.69, 9.17) is 19.4 Å². The van der Waals surface area contributed by atoms with Crippen molar-refractivity contribution in [3.05, 3.63) is 59.3 Å². The maximum Gasteiger partial charge on any atom is 0.270 e. The summed E-state index contributed by atoms with van der Waals surface area (Å²) in [4.78, 5) is 19.3. The summed E-state index contributed by atoms with van der Waals surface area (Å²) in [6, 6.07) is 9.98. The molecule has 3 atom stereocenters. The van der Waals surface area contributed by atoms with Crippen molar-refractivity contribution in [3.8, 4) is 0 Å². The van der Waals surface area contributed by atoms with E-state index in [9.17, 15) is 4.79 Å². The van der Waals surface area contributed by atoms with Crippen molar-refractivity contribution in [2.75, 3.05) is 6.54 Å². The average Bonchev–Trinajstić information content (AvgIpc) is 3.46. The van der Waals surface area contributed by atoms with E-state index < -0.39 is 14.4 Å². The molecule has 1 amide bonds. The smallest absolute Gasteiger partial charge is 0.270 e. The Labute approximate surface area is 220 Å². The monoisotopic (exact) mass is 524 g/mol. The summed E-state index contributed by atoms with van der Waals surface area (Å²) >= 11 is 0. The first-order valence-electron chi connectivity index (χ1n) is 13.4. The second-order valence-corrected chi connectivity index (χ2v) is 17.3. The Kier molecular flexibility index (Phi) is 6.93. The minimum atomic E-state index is -2.08. The fraction of sp³-hybridized carbons (Fsp3) is 0.607. The lowest BCUT2D eigenvalue weighted by Crippen LogP contribution is -2.43. The van der Waals surface area contributed by atoms with Crippen molar-refractivity contribution in [1.82, 2.24) is 15.3 Å². The van der Waals surface area contributed by atoms with Crippen molar-refractivity contribution in [2.45, 2.75) is 95.7 Å². The number of hydroxylamine groups is 2. The van der Waals surface area contributed by atoms with Gasteiger partial charge in [0.05, 0.1) is 12.0 Å². The fourth-order valence-electron chi connectivity index (χ4n) is 5.33. The Morgan fingerprint density at radius 3 is 2.57 bits per heavy atom. The number of benzene rings is 1. The largest absolute Gasteiger partial charge is 0.422 e. The van der Waals surface area contributed by atoms with E-state index in [-0.39, 0.29) is 34.9 Å². The van der Waals surface area contributed by atoms with Crippen molar-refractivity contribution < 1.29 is 18.5 Å². The zero-order chi connectivity index (χ0) is 26.4. The molecule has 9 heteroatoms. The third kappa shape index (κ3) is 5.46. The molecule has 2 heterocycles. The molecule has 1 aromatic carbocycles. The maximum absolute atomic E-state index is 13.2. The van der Waals surface area contributed by atoms with Gasteiger partial charge < -0.3 is 14.6 Å². The summed E-state index contributed by atoms with van der Waals surface area (Å²) in [6.45, 7) is 11.6. The molecule has 2 fully saturated rings. The highest BCUT2D eigenvalue weighted by molar-refractivity contribution is 6.74. The summed E-state index contributed by atoms with van der Waals surface area (Å²) < 4.78 is 12.8. The number of nitrogens with zero attached hydrogens (tertiary/aromatic N) is 3. The van der Waals surface area contributed by atoms with Crippen LogP contribution >= 0.6 is 0 Å². The van der Waals surface area contributed by atoms with Gasteiger partial charge in [0, 0.05) is 12.6 Å². The topological polar surface area (TPSA) is 104 Å². The van der Waals surface area contributed by atoms with Crippen LogP contribution in [0.3, 0.4) is 0 Å². The van der Waals surface area contributed by atoms with Gasteiger partial charge in [-0.05, 0) is 61.2 Å². The number of rotatable bonds is 8. The molecule has 1 aromatic heterocycles. The molecule has 1 unspecified atom stereocenters. The molecule has 2 saturated carbocycles. The quantitative estimate of drug-likeness (QED) is 0.461. The SMILES string of the molecule is CC(C)(C)[Si](C)(C)OC(CN)c1nnc([C@@H]2CC3(CC3)C[C@@H]3CC2=CC(=O)N3OCc2ccccc2)o1. The molecular weight excluding hydrogens is 484 g/mol. The number of aromatic nitrogens is 2. The molecule has 1 spiro atoms. The van der Waals surface area contributed by atoms with Crippen LogP contribution in [0, 0.1) is 5.41 Å². The highest BCUT2D eigenvalue weighted by Gasteiger charge is 2.52. The zero-order valence-corrected chi connectivity index (χ0v) is 23.7. The van der Waals surface area contributed by atoms with Crippen LogP contribution in [0.5, 0.6) is 0 Å². The van der Waals surface area contributed by atoms with Gasteiger partial charge >= 0.3 is 0 Å². The summed E-state index contributed by atoms with van der Waals surface area (Å²) in [5, 5.41) is 10.5. The first-order valence-corrected chi connectivity index (χ1v) is 16.3. The van der Waals surface area contributed by atoms with Gasteiger partial charge in [-0.15, -0.1) is 10.2 Å². The van der Waals surface area contributed by atoms with Crippen LogP contribution < -0.4 is 5.73 Å². The van der Waals surface area contributed by atoms with Gasteiger partial charge in [0.2, 0.25) is 11.8 Å². The number of hydrogen-bond donors (Lipinski definition) is 1. The lowest BCUT2D eigenvalue weighted by atomic mass is 9.88. The van der Waals surface area contributed by atoms with Crippen LogP contribution in [0.1, 0.15) is 82.2 Å². The number of carbonyl (C=O) groups is 1. The number of nitrogens with two attached hydrogens (primary N) is 1. The van der Waals surface area contributed by atoms with E-state index in [2.05, 4.69) is 44.1 Å². The minimum absolute atomic E-state index is 0.0183. The normalized spacial score (nSPS) is 24.1. The Balaban J connectivity index is 1.36. The standard InChI is InChI=1S/C28H40N4O4Si/c1-27(2,3)37(4,5)36-23(17-29)26-31-30-25(35-26)22-16-28(11-12-28)15-21-13-20(22)14-24(33)32(21)34-18-19-9-7-6-8-10-19/h6-10,14,21-23H,11-13,15-18,29H2,1-5H3/t21-,22+,23?/m0/s1. The third-order valence-electron chi connectivity index (χ3n) is 8.74. The number of hydrogen-bond acceptors (Lipinski definition) is 7. The first kappa shape index (κ1) is 26.3. The molecule has 5 rings (SSSR count). The molecular formula is C28H40N4O4Si. The Morgan fingerprint density at radius 1 is 1.19 bits per heavy atom. The number of fused-ring (bicyclic) bond motifs is 2. The molecule has 200 valence electrons. The summed E-state index contributed by atoms with van der Waals surface area (Å²) in [7, 11) is -2.08. The van der Waals surface area contributed by atoms with Crippen molar-refractivity contribution in [1.29, 1.82) is 0 Å². The Morgan fingerprint density at radius 2 is 1.92 bits per heavy atom. The number of amides is 1. The number of carbonyl (C=O) groups excluding carboxylic acids is 1. The van der Waals surface area contributed by atoms with Gasteiger partial charge in [-0.2, -0.15) is 0 Å². The molecule has 1 aliphatic heterocycles. The summed E-state index contributed by atoms with van der Waals surface area (Å²) in [5.41, 5.74) is 8.39. The van der Waals surface area contributed by atoms with Crippen molar-refractivity contribution in [3.63, 3.8) is 0 Å². The highest BCUT2D eigenvalue weighted by Crippen LogP contribution is 2.60. The van der Waals surface area contributed by atoms with E-state index in [1.54, 1.807) is 11.1 Å². The molecule has 2 N–H and O–H groups in total. The van der Waals surface area contributed by atoms with E-state index in [1.165, 1.54) is 0 Å². The molecule has 3 aliphatic rings. The molecule has 2 aliphatic carbocycles. The lowest BCUT2D eigenvalue weighted by molar-refractivity contribution is -0.204. The van der Waals surface area contributed by atoms with Gasteiger partial charge in [-0.3, -0.25) is 9.63 Å². The van der Waals surface area contributed by atoms with E-state index in [1.807, 2.05) is 30.3 Å². The van der Waals surface area contributed by atoms with Crippen LogP contribution in [0.4, 0.5) is 0 Å². The maximum atomic E-state index is 13.2. The Bertz CT molecular complexity index is 1150. The predicted octanol–water partition coefficient (Wildman–Crippen LogP) is 5.41. The van der Waals surface area contributed by atoms with Crippen molar-refractivity contribution >= 4 is 14.2 Å². The van der Waals surface area contributed by atoms with Gasteiger partial charge in [0.15, 0.2) is 8.32 Å². The van der Waals surface area contributed by atoms with Crippen LogP contribution in [0.25, 0.3) is 0 Å².